The Morgan fingerprint density at radius 1 is 1.38 bits per heavy atom. The number of anilines is 1. The number of thioether (sulfide) groups is 1. The Balaban J connectivity index is 0.00000117. The molecular formula is C16H24N4O4S2. The molecule has 0 radical (unpaired) electrons. The molecule has 8 nitrogen and oxygen atoms in total. The Kier molecular flexibility index (Phi) is 7.01. The molecule has 2 aromatic heterocycles. The van der Waals surface area contributed by atoms with Gasteiger partial charge in [0.1, 0.15) is 15.9 Å². The minimum absolute atomic E-state index is 0.0242. The van der Waals surface area contributed by atoms with Crippen molar-refractivity contribution in [2.45, 2.75) is 63.9 Å². The summed E-state index contributed by atoms with van der Waals surface area (Å²) in [5.74, 6) is -0.0333. The summed E-state index contributed by atoms with van der Waals surface area (Å²) in [6, 6.07) is 0. The van der Waals surface area contributed by atoms with Gasteiger partial charge >= 0.3 is 4.87 Å². The largest absolute Gasteiger partial charge is 0.369 e. The van der Waals surface area contributed by atoms with Crippen LogP contribution in [0.5, 0.6) is 0 Å². The highest BCUT2D eigenvalue weighted by Gasteiger charge is 2.39. The lowest BCUT2D eigenvalue weighted by atomic mass is 10.2. The molecule has 1 aliphatic rings. The van der Waals surface area contributed by atoms with Gasteiger partial charge in [-0.25, -0.2) is 0 Å². The molecule has 3 atom stereocenters. The highest BCUT2D eigenvalue weighted by Crippen LogP contribution is 2.43. The van der Waals surface area contributed by atoms with Crippen LogP contribution in [0.25, 0.3) is 10.3 Å². The van der Waals surface area contributed by atoms with E-state index < -0.39 is 11.8 Å². The topological polar surface area (TPSA) is 120 Å². The van der Waals surface area contributed by atoms with Crippen LogP contribution in [0.3, 0.4) is 0 Å². The van der Waals surface area contributed by atoms with Crippen LogP contribution < -0.4 is 16.2 Å². The summed E-state index contributed by atoms with van der Waals surface area (Å²) in [5.41, 5.74) is 5.29. The summed E-state index contributed by atoms with van der Waals surface area (Å²) in [4.78, 5) is 42.2. The summed E-state index contributed by atoms with van der Waals surface area (Å²) in [7, 11) is 0. The number of aromatic nitrogens is 3. The molecule has 2 aromatic rings. The molecule has 0 saturated carbocycles. The highest BCUT2D eigenvalue weighted by atomic mass is 32.2. The van der Waals surface area contributed by atoms with E-state index in [1.54, 1.807) is 11.8 Å². The first-order valence-electron chi connectivity index (χ1n) is 8.62. The van der Waals surface area contributed by atoms with Gasteiger partial charge in [-0.1, -0.05) is 38.5 Å². The van der Waals surface area contributed by atoms with Crippen molar-refractivity contribution < 1.29 is 9.53 Å². The number of nitrogens with zero attached hydrogens (tertiary/aromatic N) is 2. The minimum atomic E-state index is -0.634. The third-order valence-corrected chi connectivity index (χ3v) is 6.04. The van der Waals surface area contributed by atoms with E-state index in [4.69, 9.17) is 10.5 Å². The maximum atomic E-state index is 12.5. The van der Waals surface area contributed by atoms with E-state index in [9.17, 15) is 14.4 Å². The van der Waals surface area contributed by atoms with Crippen molar-refractivity contribution in [3.63, 3.8) is 0 Å². The van der Waals surface area contributed by atoms with Crippen molar-refractivity contribution in [1.82, 2.24) is 14.5 Å². The molecule has 1 aliphatic heterocycles. The number of nitrogens with one attached hydrogen (secondary N) is 1. The highest BCUT2D eigenvalue weighted by molar-refractivity contribution is 8.00. The predicted molar refractivity (Wildman–Crippen MR) is 106 cm³/mol. The van der Waals surface area contributed by atoms with Crippen LogP contribution in [0.1, 0.15) is 53.2 Å². The smallest absolute Gasteiger partial charge is 0.311 e. The summed E-state index contributed by atoms with van der Waals surface area (Å²) >= 11 is 2.36. The quantitative estimate of drug-likeness (QED) is 0.791. The fourth-order valence-electron chi connectivity index (χ4n) is 2.74. The molecule has 26 heavy (non-hydrogen) atoms. The number of thiazole rings is 1. The van der Waals surface area contributed by atoms with Gasteiger partial charge in [-0.3, -0.25) is 23.9 Å². The van der Waals surface area contributed by atoms with Gasteiger partial charge in [-0.15, -0.1) is 11.8 Å². The first kappa shape index (κ1) is 20.7. The zero-order valence-corrected chi connectivity index (χ0v) is 16.9. The number of fused-ring (bicyclic) bond motifs is 1. The van der Waals surface area contributed by atoms with Crippen molar-refractivity contribution in [2.24, 2.45) is 0 Å². The van der Waals surface area contributed by atoms with Gasteiger partial charge in [0.05, 0.1) is 5.25 Å². The Hall–Kier alpha value is -1.65. The molecule has 0 amide bonds. The van der Waals surface area contributed by atoms with Gasteiger partial charge in [0.25, 0.3) is 5.56 Å². The number of rotatable bonds is 5. The van der Waals surface area contributed by atoms with E-state index in [0.29, 0.717) is 0 Å². The molecule has 1 fully saturated rings. The van der Waals surface area contributed by atoms with Gasteiger partial charge in [0.2, 0.25) is 5.95 Å². The monoisotopic (exact) mass is 400 g/mol. The first-order valence-corrected chi connectivity index (χ1v) is 10.4. The Bertz CT molecular complexity index is 888. The number of hydrogen-bond acceptors (Lipinski definition) is 8. The number of nitrogens with two attached hydrogens (primary N) is 1. The molecule has 0 aliphatic carbocycles. The number of ether oxygens (including phenoxy) is 1. The fourth-order valence-corrected chi connectivity index (χ4v) is 5.17. The van der Waals surface area contributed by atoms with Crippen molar-refractivity contribution in [3.8, 4) is 0 Å². The summed E-state index contributed by atoms with van der Waals surface area (Å²) in [6.07, 6.45) is 1.41. The molecule has 10 heteroatoms. The minimum Gasteiger partial charge on any atom is -0.369 e. The van der Waals surface area contributed by atoms with E-state index in [1.807, 2.05) is 20.8 Å². The summed E-state index contributed by atoms with van der Waals surface area (Å²) in [6.45, 7) is 7.56. The normalized spacial score (nSPS) is 22.2. The Morgan fingerprint density at radius 3 is 2.69 bits per heavy atom. The average Bonchev–Trinajstić information content (AvgIpc) is 3.09. The molecule has 3 N–H and O–H groups in total. The van der Waals surface area contributed by atoms with E-state index >= 15 is 0 Å². The van der Waals surface area contributed by atoms with Crippen LogP contribution in [-0.2, 0) is 9.53 Å². The second kappa shape index (κ2) is 8.83. The van der Waals surface area contributed by atoms with E-state index in [1.165, 1.54) is 11.5 Å². The number of carbonyl (C=O) groups is 1. The second-order valence-electron chi connectivity index (χ2n) is 5.67. The number of carbonyl (C=O) groups excluding carboxylic acids is 1. The zero-order chi connectivity index (χ0) is 19.4. The standard InChI is InChI=1S/C14H18N4O4S2.C2H6/c1-3-4-8-22-12(7(23-8)5-6(2)19)18-10-9(24-14(18)21)11(20)17-13(15)16-10;1-2/h7-8,12H,3-5H2,1-2H3,(H3,15,16,17,20);1-2H3/t7-,8?,12?;/m0./s1. The predicted octanol–water partition coefficient (Wildman–Crippen LogP) is 2.49. The van der Waals surface area contributed by atoms with Gasteiger partial charge in [-0.05, 0) is 13.3 Å². The Morgan fingerprint density at radius 2 is 2.08 bits per heavy atom. The maximum absolute atomic E-state index is 12.5. The number of aromatic amines is 1. The van der Waals surface area contributed by atoms with Gasteiger partial charge in [-0.2, -0.15) is 4.98 Å². The summed E-state index contributed by atoms with van der Waals surface area (Å²) in [5, 5.41) is -0.197. The molecule has 0 aromatic carbocycles. The maximum Gasteiger partial charge on any atom is 0.311 e. The average molecular weight is 401 g/mol. The number of Topliss-reactive ketones (excluding diaryl/α,β-unsaturated/α-hetero) is 1. The Labute approximate surface area is 159 Å². The first-order chi connectivity index (χ1) is 12.4. The summed E-state index contributed by atoms with van der Waals surface area (Å²) < 4.78 is 7.59. The van der Waals surface area contributed by atoms with Crippen LogP contribution in [0.15, 0.2) is 9.59 Å². The van der Waals surface area contributed by atoms with Crippen molar-refractivity contribution in [1.29, 1.82) is 0 Å². The number of hydrogen-bond donors (Lipinski definition) is 2. The lowest BCUT2D eigenvalue weighted by molar-refractivity contribution is -0.117. The van der Waals surface area contributed by atoms with Gasteiger partial charge in [0.15, 0.2) is 11.9 Å². The number of H-pyrrole nitrogens is 1. The zero-order valence-electron chi connectivity index (χ0n) is 15.3. The molecular weight excluding hydrogens is 376 g/mol. The van der Waals surface area contributed by atoms with Gasteiger partial charge < -0.3 is 10.5 Å². The number of nitrogen functional groups attached to an aromatic ring is 1. The van der Waals surface area contributed by atoms with Crippen molar-refractivity contribution >= 4 is 45.2 Å². The molecule has 2 unspecified atom stereocenters. The van der Waals surface area contributed by atoms with Crippen molar-refractivity contribution in [3.05, 3.63) is 20.0 Å². The molecule has 3 rings (SSSR count). The lowest BCUT2D eigenvalue weighted by Gasteiger charge is -2.17. The SMILES string of the molecule is CC.CCCC1OC(n2c(=O)sc3c(=O)[nH]c(N)nc32)[C@H](CC(C)=O)S1. The lowest BCUT2D eigenvalue weighted by Crippen LogP contribution is -2.28. The molecule has 0 bridgehead atoms. The molecule has 1 saturated heterocycles. The van der Waals surface area contributed by atoms with E-state index in [2.05, 4.69) is 9.97 Å². The fraction of sp³-hybridized carbons (Fsp3) is 0.625. The van der Waals surface area contributed by atoms with Crippen LogP contribution in [-0.4, -0.2) is 31.0 Å². The molecule has 144 valence electrons. The van der Waals surface area contributed by atoms with Crippen LogP contribution in [0.4, 0.5) is 5.95 Å². The third-order valence-electron chi connectivity index (χ3n) is 3.69. The molecule has 0 spiro atoms. The van der Waals surface area contributed by atoms with E-state index in [0.717, 1.165) is 24.2 Å². The molecule has 3 heterocycles. The van der Waals surface area contributed by atoms with Crippen molar-refractivity contribution in [2.75, 3.05) is 5.73 Å². The number of ketones is 1. The van der Waals surface area contributed by atoms with Crippen LogP contribution >= 0.6 is 23.1 Å². The third kappa shape index (κ3) is 4.18. The van der Waals surface area contributed by atoms with Crippen LogP contribution in [0, 0.1) is 0 Å². The van der Waals surface area contributed by atoms with Crippen LogP contribution in [0.2, 0.25) is 0 Å². The van der Waals surface area contributed by atoms with E-state index in [-0.39, 0.29) is 44.1 Å². The van der Waals surface area contributed by atoms with Gasteiger partial charge in [0, 0.05) is 6.42 Å². The second-order valence-corrected chi connectivity index (χ2v) is 8.03.